The number of carbonyl (C=O) groups is 2. The molecule has 21 heavy (non-hydrogen) atoms. The van der Waals surface area contributed by atoms with Gasteiger partial charge in [-0.05, 0) is 45.1 Å². The van der Waals surface area contributed by atoms with E-state index in [-0.39, 0.29) is 12.0 Å². The molecule has 0 saturated carbocycles. The summed E-state index contributed by atoms with van der Waals surface area (Å²) in [5, 5.41) is 20.8. The summed E-state index contributed by atoms with van der Waals surface area (Å²) < 4.78 is 0. The fraction of sp³-hybridized carbons (Fsp3) is 0.600. The van der Waals surface area contributed by atoms with Gasteiger partial charge in [-0.2, -0.15) is 0 Å². The summed E-state index contributed by atoms with van der Waals surface area (Å²) in [5.41, 5.74) is -0.949. The van der Waals surface area contributed by atoms with E-state index in [2.05, 4.69) is 21.2 Å². The zero-order chi connectivity index (χ0) is 16.3. The number of alkyl halides is 1. The average Bonchev–Trinajstić information content (AvgIpc) is 2.51. The summed E-state index contributed by atoms with van der Waals surface area (Å²) in [5.74, 6) is -0.250. The first-order valence-electron chi connectivity index (χ1n) is 6.89. The minimum Gasteiger partial charge on any atom is -0.481 e. The summed E-state index contributed by atoms with van der Waals surface area (Å²) in [7, 11) is 0. The second-order valence-corrected chi connectivity index (χ2v) is 5.07. The van der Waals surface area contributed by atoms with Crippen molar-refractivity contribution < 1.29 is 19.8 Å². The maximum atomic E-state index is 10.8. The molecule has 1 aliphatic heterocycles. The van der Waals surface area contributed by atoms with Crippen LogP contribution >= 0.6 is 15.9 Å². The number of nitrogens with one attached hydrogen (secondary N) is 1. The summed E-state index contributed by atoms with van der Waals surface area (Å²) in [6.07, 6.45) is 8.65. The molecule has 120 valence electrons. The van der Waals surface area contributed by atoms with Gasteiger partial charge in [-0.15, -0.1) is 0 Å². The quantitative estimate of drug-likeness (QED) is 0.658. The maximum absolute atomic E-state index is 10.8. The molecule has 0 bridgehead atoms. The van der Waals surface area contributed by atoms with Crippen LogP contribution in [0.4, 0.5) is 0 Å². The highest BCUT2D eigenvalue weighted by Gasteiger charge is 2.34. The molecule has 0 amide bonds. The summed E-state index contributed by atoms with van der Waals surface area (Å²) in [4.78, 5) is 21.3. The van der Waals surface area contributed by atoms with E-state index in [0.717, 1.165) is 0 Å². The van der Waals surface area contributed by atoms with Gasteiger partial charge in [0, 0.05) is 5.57 Å². The van der Waals surface area contributed by atoms with E-state index >= 15 is 0 Å². The summed E-state index contributed by atoms with van der Waals surface area (Å²) in [6.45, 7) is 4.00. The Bertz CT molecular complexity index is 391. The average molecular weight is 362 g/mol. The van der Waals surface area contributed by atoms with Crippen LogP contribution in [0.5, 0.6) is 0 Å². The molecule has 1 saturated heterocycles. The third-order valence-electron chi connectivity index (χ3n) is 3.29. The zero-order valence-electron chi connectivity index (χ0n) is 12.6. The van der Waals surface area contributed by atoms with Crippen LogP contribution in [0.15, 0.2) is 23.8 Å². The summed E-state index contributed by atoms with van der Waals surface area (Å²) >= 11 is 2.94. The molecule has 3 N–H and O–H groups in total. The highest BCUT2D eigenvalue weighted by atomic mass is 79.9. The molecule has 2 aliphatic rings. The Kier molecular flexibility index (Phi) is 9.99. The van der Waals surface area contributed by atoms with Crippen molar-refractivity contribution >= 4 is 27.9 Å². The number of hydrogen-bond donors (Lipinski definition) is 3. The van der Waals surface area contributed by atoms with E-state index in [1.54, 1.807) is 0 Å². The van der Waals surface area contributed by atoms with Gasteiger partial charge in [-0.25, -0.2) is 4.79 Å². The van der Waals surface area contributed by atoms with Gasteiger partial charge in [0.25, 0.3) is 0 Å². The van der Waals surface area contributed by atoms with Crippen LogP contribution in [0.2, 0.25) is 0 Å². The molecule has 1 atom stereocenters. The van der Waals surface area contributed by atoms with Crippen LogP contribution in [0.3, 0.4) is 0 Å². The van der Waals surface area contributed by atoms with Gasteiger partial charge in [-0.3, -0.25) is 4.79 Å². The number of piperidine rings is 1. The van der Waals surface area contributed by atoms with Gasteiger partial charge >= 0.3 is 11.9 Å². The van der Waals surface area contributed by atoms with E-state index in [1.165, 1.54) is 57.5 Å². The Labute approximate surface area is 134 Å². The minimum atomic E-state index is -1.08. The van der Waals surface area contributed by atoms with Gasteiger partial charge in [0.1, 0.15) is 0 Å². The smallest absolute Gasteiger partial charge is 0.331 e. The van der Waals surface area contributed by atoms with E-state index in [1.807, 2.05) is 5.83 Å². The first kappa shape index (κ1) is 19.9. The highest BCUT2D eigenvalue weighted by molar-refractivity contribution is 9.08. The largest absolute Gasteiger partial charge is 0.481 e. The van der Waals surface area contributed by atoms with Crippen molar-refractivity contribution in [3.8, 4) is 0 Å². The number of carboxylic acid groups (broad SMARTS) is 2. The number of hydrogen-bond acceptors (Lipinski definition) is 3. The molecule has 0 spiro atoms. The van der Waals surface area contributed by atoms with Crippen LogP contribution in [0.25, 0.3) is 0 Å². The van der Waals surface area contributed by atoms with Gasteiger partial charge < -0.3 is 15.5 Å². The predicted octanol–water partition coefficient (Wildman–Crippen LogP) is 2.82. The predicted molar refractivity (Wildman–Crippen MR) is 86.8 cm³/mol. The Morgan fingerprint density at radius 3 is 2.10 bits per heavy atom. The molecular weight excluding hydrogens is 338 g/mol. The van der Waals surface area contributed by atoms with E-state index in [0.29, 0.717) is 0 Å². The van der Waals surface area contributed by atoms with Crippen molar-refractivity contribution in [3.63, 3.8) is 0 Å². The monoisotopic (exact) mass is 361 g/mol. The molecule has 1 heterocycles. The molecule has 0 aromatic carbocycles. The number of halogens is 1. The van der Waals surface area contributed by atoms with Crippen molar-refractivity contribution in [3.05, 3.63) is 23.8 Å². The van der Waals surface area contributed by atoms with Crippen LogP contribution in [-0.2, 0) is 9.59 Å². The second kappa shape index (κ2) is 10.6. The highest BCUT2D eigenvalue weighted by Crippen LogP contribution is 2.31. The lowest BCUT2D eigenvalue weighted by molar-refractivity contribution is -0.145. The standard InChI is InChI=1S/C9H10O4.C5H11N.CH3Br/c1-9(8(12)13)4-2-3-6(5-9)7(10)11;1-2-4-6-5-3-1;1-2/h2-4H,5H2,1H3,(H,10,11)(H,12,13);6H,1-5H2;1H3. The van der Waals surface area contributed by atoms with Gasteiger partial charge in [0.05, 0.1) is 5.41 Å². The van der Waals surface area contributed by atoms with Crippen LogP contribution in [0, 0.1) is 5.41 Å². The lowest BCUT2D eigenvalue weighted by atomic mass is 9.80. The summed E-state index contributed by atoms with van der Waals surface area (Å²) in [6, 6.07) is 0. The molecular formula is C15H24BrNO4. The Balaban J connectivity index is 0.000000416. The Morgan fingerprint density at radius 2 is 1.76 bits per heavy atom. The van der Waals surface area contributed by atoms with Crippen LogP contribution < -0.4 is 5.32 Å². The second-order valence-electron chi connectivity index (χ2n) is 5.07. The Hall–Kier alpha value is -1.14. The maximum Gasteiger partial charge on any atom is 0.331 e. The molecule has 5 nitrogen and oxygen atoms in total. The van der Waals surface area contributed by atoms with Crippen molar-refractivity contribution in [2.75, 3.05) is 18.9 Å². The van der Waals surface area contributed by atoms with Crippen LogP contribution in [-0.4, -0.2) is 41.1 Å². The normalized spacial score (nSPS) is 23.7. The van der Waals surface area contributed by atoms with Crippen molar-refractivity contribution in [1.82, 2.24) is 5.32 Å². The third kappa shape index (κ3) is 7.43. The molecule has 0 radical (unpaired) electrons. The molecule has 1 aliphatic carbocycles. The third-order valence-corrected chi connectivity index (χ3v) is 3.29. The van der Waals surface area contributed by atoms with Crippen LogP contribution in [0.1, 0.15) is 32.6 Å². The number of rotatable bonds is 2. The Morgan fingerprint density at radius 1 is 1.19 bits per heavy atom. The first-order chi connectivity index (χ1) is 9.96. The van der Waals surface area contributed by atoms with Crippen molar-refractivity contribution in [2.45, 2.75) is 32.6 Å². The fourth-order valence-electron chi connectivity index (χ4n) is 1.99. The molecule has 1 fully saturated rings. The van der Waals surface area contributed by atoms with Crippen molar-refractivity contribution in [1.29, 1.82) is 0 Å². The fourth-order valence-corrected chi connectivity index (χ4v) is 1.99. The molecule has 0 aromatic rings. The topological polar surface area (TPSA) is 86.6 Å². The first-order valence-corrected chi connectivity index (χ1v) is 8.48. The SMILES string of the molecule is C1CCNCC1.CBr.CC1(C(=O)O)C=CC=C(C(=O)O)C1. The van der Waals surface area contributed by atoms with E-state index < -0.39 is 17.4 Å². The van der Waals surface area contributed by atoms with E-state index in [4.69, 9.17) is 10.2 Å². The lowest BCUT2D eigenvalue weighted by Crippen LogP contribution is -2.28. The van der Waals surface area contributed by atoms with Crippen molar-refractivity contribution in [2.24, 2.45) is 5.41 Å². The lowest BCUT2D eigenvalue weighted by Gasteiger charge is -2.23. The zero-order valence-corrected chi connectivity index (χ0v) is 14.1. The molecule has 1 unspecified atom stereocenters. The molecule has 6 heteroatoms. The molecule has 0 aromatic heterocycles. The number of aliphatic carboxylic acids is 2. The number of allylic oxidation sites excluding steroid dienone is 2. The van der Waals surface area contributed by atoms with E-state index in [9.17, 15) is 9.59 Å². The minimum absolute atomic E-state index is 0.0359. The van der Waals surface area contributed by atoms with Gasteiger partial charge in [0.2, 0.25) is 0 Å². The van der Waals surface area contributed by atoms with Gasteiger partial charge in [0.15, 0.2) is 0 Å². The van der Waals surface area contributed by atoms with Gasteiger partial charge in [-0.1, -0.05) is 40.6 Å². The molecule has 2 rings (SSSR count). The number of carboxylic acids is 2.